The lowest BCUT2D eigenvalue weighted by molar-refractivity contribution is 0.264. The Morgan fingerprint density at radius 3 is 3.08 bits per heavy atom. The quantitative estimate of drug-likeness (QED) is 0.730. The fraction of sp³-hybridized carbons (Fsp3) is 0.667. The lowest BCUT2D eigenvalue weighted by Gasteiger charge is -2.08. The zero-order valence-electron chi connectivity index (χ0n) is 7.35. The first-order valence-corrected chi connectivity index (χ1v) is 5.07. The summed E-state index contributed by atoms with van der Waals surface area (Å²) in [5.41, 5.74) is 0. The van der Waals surface area contributed by atoms with Gasteiger partial charge >= 0.3 is 0 Å². The first-order valence-electron chi connectivity index (χ1n) is 4.28. The summed E-state index contributed by atoms with van der Waals surface area (Å²) in [6, 6.07) is 0. The molecule has 0 spiro atoms. The summed E-state index contributed by atoms with van der Waals surface area (Å²) in [5.74, 6) is 0.891. The van der Waals surface area contributed by atoms with Crippen molar-refractivity contribution in [1.29, 1.82) is 0 Å². The van der Waals surface area contributed by atoms with Crippen molar-refractivity contribution in [2.24, 2.45) is 4.99 Å². The van der Waals surface area contributed by atoms with Crippen molar-refractivity contribution in [2.75, 3.05) is 6.54 Å². The predicted octanol–water partition coefficient (Wildman–Crippen LogP) is 2.88. The van der Waals surface area contributed by atoms with Crippen LogP contribution in [-0.4, -0.2) is 18.5 Å². The molecule has 0 unspecified atom stereocenters. The molecule has 0 radical (unpaired) electrons. The van der Waals surface area contributed by atoms with Crippen molar-refractivity contribution < 1.29 is 4.74 Å². The first-order chi connectivity index (χ1) is 5.74. The minimum atomic E-state index is 0.0665. The average Bonchev–Trinajstić information content (AvgIpc) is 2.48. The van der Waals surface area contributed by atoms with Gasteiger partial charge in [0.15, 0.2) is 12.0 Å². The van der Waals surface area contributed by atoms with Gasteiger partial charge in [0.25, 0.3) is 0 Å². The Labute approximate surface area is 81.8 Å². The molecule has 0 N–H and O–H groups in total. The van der Waals surface area contributed by atoms with Gasteiger partial charge in [-0.1, -0.05) is 35.9 Å². The van der Waals surface area contributed by atoms with E-state index in [0.717, 1.165) is 29.8 Å². The molecule has 68 valence electrons. The summed E-state index contributed by atoms with van der Waals surface area (Å²) in [7, 11) is 0. The van der Waals surface area contributed by atoms with E-state index in [2.05, 4.69) is 34.4 Å². The number of ether oxygens (including phenoxy) is 1. The number of unbranched alkanes of at least 4 members (excludes halogenated alkanes) is 1. The van der Waals surface area contributed by atoms with E-state index in [-0.39, 0.29) is 6.10 Å². The fourth-order valence-corrected chi connectivity index (χ4v) is 1.29. The highest BCUT2D eigenvalue weighted by Crippen LogP contribution is 2.18. The largest absolute Gasteiger partial charge is 0.470 e. The number of halogens is 1. The zero-order valence-corrected chi connectivity index (χ0v) is 8.93. The van der Waals surface area contributed by atoms with Gasteiger partial charge in [0.2, 0.25) is 0 Å². The maximum atomic E-state index is 5.53. The number of rotatable bonds is 4. The minimum absolute atomic E-state index is 0.0665. The SMILES string of the molecule is C=C(Br)[C@H]1CN=C(CCCC)O1. The molecule has 0 aliphatic carbocycles. The normalized spacial score (nSPS) is 21.8. The van der Waals surface area contributed by atoms with Gasteiger partial charge in [-0.25, -0.2) is 0 Å². The number of nitrogens with zero attached hydrogens (tertiary/aromatic N) is 1. The smallest absolute Gasteiger partial charge is 0.184 e. The summed E-state index contributed by atoms with van der Waals surface area (Å²) in [4.78, 5) is 4.28. The van der Waals surface area contributed by atoms with E-state index in [1.807, 2.05) is 0 Å². The van der Waals surface area contributed by atoms with Crippen LogP contribution in [0.15, 0.2) is 16.1 Å². The highest BCUT2D eigenvalue weighted by Gasteiger charge is 2.20. The van der Waals surface area contributed by atoms with Crippen molar-refractivity contribution in [3.8, 4) is 0 Å². The van der Waals surface area contributed by atoms with Crippen LogP contribution in [0.2, 0.25) is 0 Å². The summed E-state index contributed by atoms with van der Waals surface area (Å²) >= 11 is 3.30. The minimum Gasteiger partial charge on any atom is -0.470 e. The Balaban J connectivity index is 2.28. The molecule has 0 aromatic rings. The molecule has 1 heterocycles. The van der Waals surface area contributed by atoms with Crippen molar-refractivity contribution in [3.05, 3.63) is 11.1 Å². The molecule has 0 saturated carbocycles. The van der Waals surface area contributed by atoms with Crippen LogP contribution in [0.5, 0.6) is 0 Å². The van der Waals surface area contributed by atoms with E-state index in [0.29, 0.717) is 0 Å². The Bertz CT molecular complexity index is 201. The van der Waals surface area contributed by atoms with Crippen molar-refractivity contribution >= 4 is 21.8 Å². The van der Waals surface area contributed by atoms with Gasteiger partial charge in [0, 0.05) is 10.9 Å². The third-order valence-electron chi connectivity index (χ3n) is 1.81. The molecule has 0 bridgehead atoms. The second kappa shape index (κ2) is 4.65. The highest BCUT2D eigenvalue weighted by molar-refractivity contribution is 9.11. The van der Waals surface area contributed by atoms with E-state index in [4.69, 9.17) is 4.74 Å². The van der Waals surface area contributed by atoms with E-state index >= 15 is 0 Å². The molecule has 1 aliphatic heterocycles. The lowest BCUT2D eigenvalue weighted by atomic mass is 10.2. The van der Waals surface area contributed by atoms with Crippen LogP contribution in [0.25, 0.3) is 0 Å². The van der Waals surface area contributed by atoms with Gasteiger partial charge in [-0.05, 0) is 6.42 Å². The molecule has 0 aromatic carbocycles. The third kappa shape index (κ3) is 2.63. The van der Waals surface area contributed by atoms with Crippen molar-refractivity contribution in [1.82, 2.24) is 0 Å². The Hall–Kier alpha value is -0.310. The van der Waals surface area contributed by atoms with Crippen LogP contribution in [0.3, 0.4) is 0 Å². The topological polar surface area (TPSA) is 21.6 Å². The van der Waals surface area contributed by atoms with E-state index in [1.54, 1.807) is 0 Å². The van der Waals surface area contributed by atoms with E-state index < -0.39 is 0 Å². The monoisotopic (exact) mass is 231 g/mol. The number of aliphatic imine (C=N–C) groups is 1. The van der Waals surface area contributed by atoms with Gasteiger partial charge in [-0.15, -0.1) is 0 Å². The number of hydrogen-bond acceptors (Lipinski definition) is 2. The summed E-state index contributed by atoms with van der Waals surface area (Å²) < 4.78 is 6.42. The molecule has 2 nitrogen and oxygen atoms in total. The van der Waals surface area contributed by atoms with Gasteiger partial charge in [-0.2, -0.15) is 0 Å². The van der Waals surface area contributed by atoms with Gasteiger partial charge in [-0.3, -0.25) is 4.99 Å². The zero-order chi connectivity index (χ0) is 8.97. The predicted molar refractivity (Wildman–Crippen MR) is 54.8 cm³/mol. The van der Waals surface area contributed by atoms with Gasteiger partial charge in [0.05, 0.1) is 6.54 Å². The fourth-order valence-electron chi connectivity index (χ4n) is 1.05. The maximum absolute atomic E-state index is 5.53. The van der Waals surface area contributed by atoms with Crippen LogP contribution in [0.1, 0.15) is 26.2 Å². The summed E-state index contributed by atoms with van der Waals surface area (Å²) in [5, 5.41) is 0. The standard InChI is InChI=1S/C9H14BrNO/c1-3-4-5-9-11-6-8(12-9)7(2)10/h8H,2-6H2,1H3/t8-/m1/s1. The second-order valence-electron chi connectivity index (χ2n) is 2.89. The Morgan fingerprint density at radius 2 is 2.58 bits per heavy atom. The molecule has 0 amide bonds. The molecule has 3 heteroatoms. The second-order valence-corrected chi connectivity index (χ2v) is 3.91. The summed E-state index contributed by atoms with van der Waals surface area (Å²) in [6.07, 6.45) is 3.37. The molecule has 0 saturated heterocycles. The molecule has 1 aliphatic rings. The summed E-state index contributed by atoms with van der Waals surface area (Å²) in [6.45, 7) is 6.66. The molecular weight excluding hydrogens is 218 g/mol. The molecule has 0 aromatic heterocycles. The maximum Gasteiger partial charge on any atom is 0.184 e. The van der Waals surface area contributed by atoms with Crippen LogP contribution in [0.4, 0.5) is 0 Å². The van der Waals surface area contributed by atoms with Gasteiger partial charge < -0.3 is 4.74 Å². The van der Waals surface area contributed by atoms with Crippen LogP contribution in [0, 0.1) is 0 Å². The lowest BCUT2D eigenvalue weighted by Crippen LogP contribution is -2.12. The molecule has 12 heavy (non-hydrogen) atoms. The van der Waals surface area contributed by atoms with E-state index in [1.165, 1.54) is 6.42 Å². The molecular formula is C9H14BrNO. The van der Waals surface area contributed by atoms with Crippen LogP contribution >= 0.6 is 15.9 Å². The van der Waals surface area contributed by atoms with Crippen molar-refractivity contribution in [2.45, 2.75) is 32.3 Å². The van der Waals surface area contributed by atoms with Gasteiger partial charge in [0.1, 0.15) is 0 Å². The average molecular weight is 232 g/mol. The molecule has 0 fully saturated rings. The van der Waals surface area contributed by atoms with Crippen LogP contribution < -0.4 is 0 Å². The first kappa shape index (κ1) is 9.78. The third-order valence-corrected chi connectivity index (χ3v) is 2.32. The Morgan fingerprint density at radius 1 is 1.83 bits per heavy atom. The molecule has 1 rings (SSSR count). The van der Waals surface area contributed by atoms with E-state index in [9.17, 15) is 0 Å². The Kier molecular flexibility index (Phi) is 3.79. The highest BCUT2D eigenvalue weighted by atomic mass is 79.9. The molecule has 1 atom stereocenters. The van der Waals surface area contributed by atoms with Crippen LogP contribution in [-0.2, 0) is 4.74 Å². The van der Waals surface area contributed by atoms with Crippen molar-refractivity contribution in [3.63, 3.8) is 0 Å². The number of hydrogen-bond donors (Lipinski definition) is 0.